The molecule has 0 spiro atoms. The SMILES string of the molecule is CC(C)c1ccc(C2(c3cc(Cl)c(C(C)C)c(Cl)c3)CCCN2)cc1. The lowest BCUT2D eigenvalue weighted by molar-refractivity contribution is 0.475. The van der Waals surface area contributed by atoms with Crippen molar-refractivity contribution in [1.29, 1.82) is 0 Å². The van der Waals surface area contributed by atoms with Crippen molar-refractivity contribution in [3.8, 4) is 0 Å². The van der Waals surface area contributed by atoms with E-state index >= 15 is 0 Å². The summed E-state index contributed by atoms with van der Waals surface area (Å²) < 4.78 is 0. The van der Waals surface area contributed by atoms with Gasteiger partial charge in [0, 0.05) is 10.0 Å². The van der Waals surface area contributed by atoms with Gasteiger partial charge in [0.25, 0.3) is 0 Å². The zero-order valence-corrected chi connectivity index (χ0v) is 17.0. The van der Waals surface area contributed by atoms with Crippen LogP contribution >= 0.6 is 23.2 Å². The first-order valence-electron chi connectivity index (χ1n) is 9.20. The fraction of sp³-hybridized carbons (Fsp3) is 0.455. The summed E-state index contributed by atoms with van der Waals surface area (Å²) in [4.78, 5) is 0. The van der Waals surface area contributed by atoms with Crippen molar-refractivity contribution in [2.45, 2.75) is 57.9 Å². The topological polar surface area (TPSA) is 12.0 Å². The van der Waals surface area contributed by atoms with Crippen molar-refractivity contribution in [1.82, 2.24) is 5.32 Å². The molecule has 0 aromatic heterocycles. The summed E-state index contributed by atoms with van der Waals surface area (Å²) in [6, 6.07) is 13.2. The molecule has 0 saturated carbocycles. The minimum Gasteiger partial charge on any atom is -0.304 e. The molecule has 0 bridgehead atoms. The largest absolute Gasteiger partial charge is 0.304 e. The van der Waals surface area contributed by atoms with Gasteiger partial charge in [0.2, 0.25) is 0 Å². The Kier molecular flexibility index (Phi) is 5.48. The van der Waals surface area contributed by atoms with Crippen molar-refractivity contribution in [3.05, 3.63) is 68.7 Å². The van der Waals surface area contributed by atoms with Crippen LogP contribution in [0.3, 0.4) is 0 Å². The minimum absolute atomic E-state index is 0.196. The highest BCUT2D eigenvalue weighted by Gasteiger charge is 2.38. The molecule has 1 saturated heterocycles. The van der Waals surface area contributed by atoms with Gasteiger partial charge in [0.1, 0.15) is 0 Å². The van der Waals surface area contributed by atoms with Gasteiger partial charge in [-0.15, -0.1) is 0 Å². The Labute approximate surface area is 161 Å². The first kappa shape index (κ1) is 18.8. The second kappa shape index (κ2) is 7.31. The monoisotopic (exact) mass is 375 g/mol. The molecule has 1 aliphatic heterocycles. The molecular formula is C22H27Cl2N. The summed E-state index contributed by atoms with van der Waals surface area (Å²) in [5.41, 5.74) is 4.66. The summed E-state index contributed by atoms with van der Waals surface area (Å²) in [6.45, 7) is 9.71. The normalized spacial score (nSPS) is 20.6. The van der Waals surface area contributed by atoms with Crippen molar-refractivity contribution in [2.75, 3.05) is 6.54 Å². The van der Waals surface area contributed by atoms with Crippen LogP contribution in [0.1, 0.15) is 74.6 Å². The van der Waals surface area contributed by atoms with Crippen LogP contribution in [-0.2, 0) is 5.54 Å². The van der Waals surface area contributed by atoms with E-state index in [0.717, 1.165) is 35.0 Å². The van der Waals surface area contributed by atoms with Gasteiger partial charge in [0.05, 0.1) is 5.54 Å². The lowest BCUT2D eigenvalue weighted by Gasteiger charge is -2.32. The van der Waals surface area contributed by atoms with E-state index in [2.05, 4.69) is 69.4 Å². The Morgan fingerprint density at radius 1 is 0.880 bits per heavy atom. The Balaban J connectivity index is 2.10. The van der Waals surface area contributed by atoms with Crippen LogP contribution in [0.2, 0.25) is 10.0 Å². The molecule has 1 aliphatic rings. The summed E-state index contributed by atoms with van der Waals surface area (Å²) in [5, 5.41) is 5.27. The highest BCUT2D eigenvalue weighted by Crippen LogP contribution is 2.42. The van der Waals surface area contributed by atoms with Gasteiger partial charge in [-0.25, -0.2) is 0 Å². The van der Waals surface area contributed by atoms with Crippen molar-refractivity contribution >= 4 is 23.2 Å². The van der Waals surface area contributed by atoms with E-state index in [4.69, 9.17) is 23.2 Å². The van der Waals surface area contributed by atoms with Gasteiger partial charge in [-0.05, 0) is 65.6 Å². The summed E-state index contributed by atoms with van der Waals surface area (Å²) >= 11 is 13.2. The predicted molar refractivity (Wildman–Crippen MR) is 109 cm³/mol. The zero-order valence-electron chi connectivity index (χ0n) is 15.5. The van der Waals surface area contributed by atoms with Gasteiger partial charge in [0.15, 0.2) is 0 Å². The molecule has 1 fully saturated rings. The number of hydrogen-bond acceptors (Lipinski definition) is 1. The van der Waals surface area contributed by atoms with E-state index in [1.165, 1.54) is 16.7 Å². The van der Waals surface area contributed by atoms with Crippen molar-refractivity contribution in [3.63, 3.8) is 0 Å². The number of rotatable bonds is 4. The van der Waals surface area contributed by atoms with Crippen LogP contribution in [0, 0.1) is 0 Å². The summed E-state index contributed by atoms with van der Waals surface area (Å²) in [5.74, 6) is 0.850. The van der Waals surface area contributed by atoms with Gasteiger partial charge >= 0.3 is 0 Å². The van der Waals surface area contributed by atoms with Gasteiger partial charge in [-0.2, -0.15) is 0 Å². The number of hydrogen-bond donors (Lipinski definition) is 1. The fourth-order valence-electron chi connectivity index (χ4n) is 3.94. The van der Waals surface area contributed by atoms with Crippen molar-refractivity contribution < 1.29 is 0 Å². The Morgan fingerprint density at radius 3 is 1.92 bits per heavy atom. The van der Waals surface area contributed by atoms with Crippen molar-refractivity contribution in [2.24, 2.45) is 0 Å². The Morgan fingerprint density at radius 2 is 1.48 bits per heavy atom. The van der Waals surface area contributed by atoms with Crippen LogP contribution in [0.5, 0.6) is 0 Å². The van der Waals surface area contributed by atoms with E-state index in [1.54, 1.807) is 0 Å². The number of halogens is 2. The molecular weight excluding hydrogens is 349 g/mol. The van der Waals surface area contributed by atoms with E-state index in [0.29, 0.717) is 11.8 Å². The molecule has 3 rings (SSSR count). The molecule has 3 heteroatoms. The molecule has 0 radical (unpaired) electrons. The third kappa shape index (κ3) is 3.47. The Hall–Kier alpha value is -1.02. The molecule has 0 aliphatic carbocycles. The third-order valence-electron chi connectivity index (χ3n) is 5.37. The molecule has 134 valence electrons. The molecule has 1 heterocycles. The zero-order chi connectivity index (χ0) is 18.2. The predicted octanol–water partition coefficient (Wildman–Crippen LogP) is 6.87. The highest BCUT2D eigenvalue weighted by molar-refractivity contribution is 6.36. The highest BCUT2D eigenvalue weighted by atomic mass is 35.5. The lowest BCUT2D eigenvalue weighted by atomic mass is 9.80. The van der Waals surface area contributed by atoms with E-state index < -0.39 is 0 Å². The first-order chi connectivity index (χ1) is 11.8. The second-order valence-corrected chi connectivity index (χ2v) is 8.54. The van der Waals surface area contributed by atoms with E-state index in [9.17, 15) is 0 Å². The average Bonchev–Trinajstić information content (AvgIpc) is 3.04. The van der Waals surface area contributed by atoms with Crippen LogP contribution < -0.4 is 5.32 Å². The summed E-state index contributed by atoms with van der Waals surface area (Å²) in [6.07, 6.45) is 2.20. The molecule has 25 heavy (non-hydrogen) atoms. The molecule has 0 amide bonds. The van der Waals surface area contributed by atoms with Crippen LogP contribution in [0.25, 0.3) is 0 Å². The average molecular weight is 376 g/mol. The first-order valence-corrected chi connectivity index (χ1v) is 9.95. The molecule has 1 unspecified atom stereocenters. The van der Waals surface area contributed by atoms with E-state index in [-0.39, 0.29) is 5.54 Å². The maximum atomic E-state index is 6.61. The molecule has 2 aromatic carbocycles. The minimum atomic E-state index is -0.196. The summed E-state index contributed by atoms with van der Waals surface area (Å²) in [7, 11) is 0. The lowest BCUT2D eigenvalue weighted by Crippen LogP contribution is -2.38. The molecule has 1 nitrogen and oxygen atoms in total. The number of benzene rings is 2. The van der Waals surface area contributed by atoms with Gasteiger partial charge in [-0.3, -0.25) is 0 Å². The maximum absolute atomic E-state index is 6.61. The smallest absolute Gasteiger partial charge is 0.0692 e. The number of nitrogens with one attached hydrogen (secondary N) is 1. The second-order valence-electron chi connectivity index (χ2n) is 7.72. The van der Waals surface area contributed by atoms with Crippen LogP contribution in [0.4, 0.5) is 0 Å². The fourth-order valence-corrected chi connectivity index (χ4v) is 4.86. The third-order valence-corrected chi connectivity index (χ3v) is 6.00. The Bertz CT molecular complexity index is 718. The quantitative estimate of drug-likeness (QED) is 0.614. The van der Waals surface area contributed by atoms with Gasteiger partial charge in [-0.1, -0.05) is 75.2 Å². The molecule has 2 aromatic rings. The standard InChI is InChI=1S/C22H27Cl2N/c1-14(2)16-6-8-17(9-7-16)22(10-5-11-25-22)18-12-19(23)21(15(3)4)20(24)13-18/h6-9,12-15,25H,5,10-11H2,1-4H3. The molecule has 1 atom stereocenters. The molecule has 1 N–H and O–H groups in total. The van der Waals surface area contributed by atoms with Gasteiger partial charge < -0.3 is 5.32 Å². The van der Waals surface area contributed by atoms with E-state index in [1.807, 2.05) is 0 Å². The van der Waals surface area contributed by atoms with Crippen LogP contribution in [-0.4, -0.2) is 6.54 Å². The van der Waals surface area contributed by atoms with Crippen LogP contribution in [0.15, 0.2) is 36.4 Å². The maximum Gasteiger partial charge on any atom is 0.0692 e.